The Hall–Kier alpha value is -3.65. The lowest BCUT2D eigenvalue weighted by Crippen LogP contribution is -1.98. The first-order valence-corrected chi connectivity index (χ1v) is 10.2. The topological polar surface area (TPSA) is 61.3 Å². The Labute approximate surface area is 180 Å². The third kappa shape index (κ3) is 4.75. The summed E-state index contributed by atoms with van der Waals surface area (Å²) in [4.78, 5) is 20.4. The molecule has 0 aliphatic heterocycles. The zero-order valence-electron chi connectivity index (χ0n) is 16.3. The van der Waals surface area contributed by atoms with E-state index in [-0.39, 0.29) is 11.6 Å². The maximum absolute atomic E-state index is 14.1. The van der Waals surface area contributed by atoms with Gasteiger partial charge in [0, 0.05) is 17.7 Å². The molecule has 0 fully saturated rings. The molecule has 0 aliphatic carbocycles. The van der Waals surface area contributed by atoms with E-state index < -0.39 is 17.6 Å². The van der Waals surface area contributed by atoms with Crippen LogP contribution in [0.3, 0.4) is 0 Å². The summed E-state index contributed by atoms with van der Waals surface area (Å²) in [5.41, 5.74) is 2.17. The van der Waals surface area contributed by atoms with E-state index in [1.165, 1.54) is 23.5 Å². The number of esters is 1. The number of aromatic nitrogens is 2. The molecule has 5 nitrogen and oxygen atoms in total. The van der Waals surface area contributed by atoms with Gasteiger partial charge in [-0.2, -0.15) is 4.98 Å². The van der Waals surface area contributed by atoms with Gasteiger partial charge in [0.1, 0.15) is 10.5 Å². The summed E-state index contributed by atoms with van der Waals surface area (Å²) in [5.74, 6) is -1.46. The molecule has 0 saturated heterocycles. The standard InChI is InChI=1S/C23H16F2N2O3S/c1-2-29-20(28)10-5-14-3-6-15(7-4-14)22-26-18-11-12-31-21(18)23(27-22)30-19-9-8-16(24)13-17(19)25/h3-13H,2H2,1H3. The number of rotatable bonds is 6. The Morgan fingerprint density at radius 2 is 1.90 bits per heavy atom. The number of benzene rings is 2. The molecule has 0 aliphatic rings. The van der Waals surface area contributed by atoms with Crippen molar-refractivity contribution in [3.8, 4) is 23.0 Å². The van der Waals surface area contributed by atoms with E-state index in [1.54, 1.807) is 25.1 Å². The van der Waals surface area contributed by atoms with Crippen LogP contribution in [0.4, 0.5) is 8.78 Å². The van der Waals surface area contributed by atoms with E-state index in [0.29, 0.717) is 28.2 Å². The van der Waals surface area contributed by atoms with Gasteiger partial charge in [-0.1, -0.05) is 24.3 Å². The van der Waals surface area contributed by atoms with Crippen molar-refractivity contribution in [3.05, 3.63) is 77.2 Å². The van der Waals surface area contributed by atoms with Gasteiger partial charge in [0.05, 0.1) is 12.1 Å². The number of thiophene rings is 1. The lowest BCUT2D eigenvalue weighted by molar-refractivity contribution is -0.137. The van der Waals surface area contributed by atoms with Crippen molar-refractivity contribution in [2.24, 2.45) is 0 Å². The fourth-order valence-corrected chi connectivity index (χ4v) is 3.55. The zero-order valence-corrected chi connectivity index (χ0v) is 17.2. The fourth-order valence-electron chi connectivity index (χ4n) is 2.79. The summed E-state index contributed by atoms with van der Waals surface area (Å²) in [5, 5.41) is 1.83. The number of hydrogen-bond donors (Lipinski definition) is 0. The number of carbonyl (C=O) groups is 1. The third-order valence-corrected chi connectivity index (χ3v) is 5.13. The lowest BCUT2D eigenvalue weighted by Gasteiger charge is -2.09. The van der Waals surface area contributed by atoms with Crippen LogP contribution in [0.1, 0.15) is 12.5 Å². The molecule has 31 heavy (non-hydrogen) atoms. The van der Waals surface area contributed by atoms with Crippen LogP contribution in [0.5, 0.6) is 11.6 Å². The van der Waals surface area contributed by atoms with Crippen molar-refractivity contribution in [1.82, 2.24) is 9.97 Å². The molecule has 0 spiro atoms. The van der Waals surface area contributed by atoms with Gasteiger partial charge in [-0.3, -0.25) is 0 Å². The number of ether oxygens (including phenoxy) is 2. The first-order valence-electron chi connectivity index (χ1n) is 9.37. The van der Waals surface area contributed by atoms with Gasteiger partial charge in [-0.15, -0.1) is 11.3 Å². The molecular formula is C23H16F2N2O3S. The summed E-state index contributed by atoms with van der Waals surface area (Å²) in [6, 6.07) is 12.1. The minimum Gasteiger partial charge on any atom is -0.463 e. The summed E-state index contributed by atoms with van der Waals surface area (Å²) >= 11 is 1.36. The van der Waals surface area contributed by atoms with Crippen molar-refractivity contribution < 1.29 is 23.0 Å². The molecule has 2 aromatic carbocycles. The molecule has 4 aromatic rings. The van der Waals surface area contributed by atoms with Gasteiger partial charge in [0.15, 0.2) is 17.4 Å². The zero-order chi connectivity index (χ0) is 21.8. The predicted molar refractivity (Wildman–Crippen MR) is 115 cm³/mol. The van der Waals surface area contributed by atoms with Gasteiger partial charge in [0.25, 0.3) is 0 Å². The Balaban J connectivity index is 1.65. The van der Waals surface area contributed by atoms with Gasteiger partial charge in [-0.05, 0) is 42.1 Å². The second-order valence-corrected chi connectivity index (χ2v) is 7.29. The van der Waals surface area contributed by atoms with Crippen LogP contribution >= 0.6 is 11.3 Å². The average molecular weight is 438 g/mol. The van der Waals surface area contributed by atoms with E-state index in [4.69, 9.17) is 9.47 Å². The molecule has 156 valence electrons. The molecule has 0 amide bonds. The predicted octanol–water partition coefficient (Wildman–Crippen LogP) is 6.01. The number of hydrogen-bond acceptors (Lipinski definition) is 6. The lowest BCUT2D eigenvalue weighted by atomic mass is 10.1. The first-order chi connectivity index (χ1) is 15.0. The number of nitrogens with zero attached hydrogens (tertiary/aromatic N) is 2. The van der Waals surface area contributed by atoms with E-state index in [0.717, 1.165) is 17.7 Å². The highest BCUT2D eigenvalue weighted by atomic mass is 32.1. The van der Waals surface area contributed by atoms with E-state index >= 15 is 0 Å². The molecule has 0 bridgehead atoms. The first kappa shape index (κ1) is 20.6. The Morgan fingerprint density at radius 3 is 2.65 bits per heavy atom. The number of carbonyl (C=O) groups excluding carboxylic acids is 1. The summed E-state index contributed by atoms with van der Waals surface area (Å²) in [6.45, 7) is 2.06. The van der Waals surface area contributed by atoms with Gasteiger partial charge >= 0.3 is 5.97 Å². The smallest absolute Gasteiger partial charge is 0.330 e. The van der Waals surface area contributed by atoms with Crippen LogP contribution in [0, 0.1) is 11.6 Å². The van der Waals surface area contributed by atoms with Crippen LogP contribution in [0.15, 0.2) is 60.0 Å². The second-order valence-electron chi connectivity index (χ2n) is 6.37. The normalized spacial score (nSPS) is 11.2. The fraction of sp³-hybridized carbons (Fsp3) is 0.0870. The van der Waals surface area contributed by atoms with Crippen LogP contribution in [0.25, 0.3) is 27.7 Å². The average Bonchev–Trinajstić information content (AvgIpc) is 3.24. The molecule has 0 radical (unpaired) electrons. The quantitative estimate of drug-likeness (QED) is 0.273. The maximum Gasteiger partial charge on any atom is 0.330 e. The van der Waals surface area contributed by atoms with Gasteiger partial charge in [-0.25, -0.2) is 18.6 Å². The highest BCUT2D eigenvalue weighted by Gasteiger charge is 2.15. The molecule has 2 heterocycles. The Bertz CT molecular complexity index is 1270. The van der Waals surface area contributed by atoms with Crippen molar-refractivity contribution in [3.63, 3.8) is 0 Å². The SMILES string of the molecule is CCOC(=O)C=Cc1ccc(-c2nc(Oc3ccc(F)cc3F)c3sccc3n2)cc1. The molecule has 4 rings (SSSR count). The van der Waals surface area contributed by atoms with E-state index in [2.05, 4.69) is 9.97 Å². The van der Waals surface area contributed by atoms with E-state index in [9.17, 15) is 13.6 Å². The van der Waals surface area contributed by atoms with Crippen LogP contribution < -0.4 is 4.74 Å². The summed E-state index contributed by atoms with van der Waals surface area (Å²) < 4.78 is 38.4. The monoisotopic (exact) mass is 438 g/mol. The van der Waals surface area contributed by atoms with Crippen molar-refractivity contribution >= 4 is 33.6 Å². The van der Waals surface area contributed by atoms with Gasteiger partial charge < -0.3 is 9.47 Å². The minimum atomic E-state index is -0.817. The molecule has 0 unspecified atom stereocenters. The largest absolute Gasteiger partial charge is 0.463 e. The molecule has 0 saturated carbocycles. The number of halogens is 2. The molecule has 2 aromatic heterocycles. The molecular weight excluding hydrogens is 422 g/mol. The van der Waals surface area contributed by atoms with Crippen LogP contribution in [-0.4, -0.2) is 22.5 Å². The Morgan fingerprint density at radius 1 is 1.10 bits per heavy atom. The summed E-state index contributed by atoms with van der Waals surface area (Å²) in [6.07, 6.45) is 3.01. The molecule has 0 N–H and O–H groups in total. The maximum atomic E-state index is 14.1. The number of fused-ring (bicyclic) bond motifs is 1. The summed E-state index contributed by atoms with van der Waals surface area (Å²) in [7, 11) is 0. The van der Waals surface area contributed by atoms with Crippen molar-refractivity contribution in [1.29, 1.82) is 0 Å². The highest BCUT2D eigenvalue weighted by molar-refractivity contribution is 7.17. The molecule has 8 heteroatoms. The van der Waals surface area contributed by atoms with Crippen molar-refractivity contribution in [2.75, 3.05) is 6.61 Å². The van der Waals surface area contributed by atoms with Crippen molar-refractivity contribution in [2.45, 2.75) is 6.92 Å². The van der Waals surface area contributed by atoms with Crippen LogP contribution in [-0.2, 0) is 9.53 Å². The highest BCUT2D eigenvalue weighted by Crippen LogP contribution is 2.34. The van der Waals surface area contributed by atoms with Crippen LogP contribution in [0.2, 0.25) is 0 Å². The van der Waals surface area contributed by atoms with Gasteiger partial charge in [0.2, 0.25) is 5.88 Å². The Kier molecular flexibility index (Phi) is 5.99. The second kappa shape index (κ2) is 9.01. The molecule has 0 atom stereocenters. The minimum absolute atomic E-state index is 0.125. The van der Waals surface area contributed by atoms with E-state index in [1.807, 2.05) is 23.6 Å². The third-order valence-electron chi connectivity index (χ3n) is 4.24.